The molecule has 1 aromatic rings. The molecule has 0 aliphatic rings. The maximum absolute atomic E-state index is 11.2. The van der Waals surface area contributed by atoms with Crippen LogP contribution in [0, 0.1) is 0 Å². The minimum absolute atomic E-state index is 0.0461. The zero-order valence-electron chi connectivity index (χ0n) is 11.3. The van der Waals surface area contributed by atoms with E-state index in [0.29, 0.717) is 0 Å². The first-order chi connectivity index (χ1) is 8.31. The van der Waals surface area contributed by atoms with E-state index in [1.807, 2.05) is 20.1 Å². The fourth-order valence-corrected chi connectivity index (χ4v) is 3.33. The Morgan fingerprint density at radius 3 is 2.22 bits per heavy atom. The smallest absolute Gasteiger partial charge is 0.148 e. The Labute approximate surface area is 114 Å². The minimum atomic E-state index is -2.93. The van der Waals surface area contributed by atoms with Crippen molar-refractivity contribution in [1.82, 2.24) is 5.32 Å². The summed E-state index contributed by atoms with van der Waals surface area (Å²) in [6.45, 7) is 3.95. The molecule has 0 bridgehead atoms. The Hall–Kier alpha value is -0.520. The van der Waals surface area contributed by atoms with Crippen molar-refractivity contribution >= 4 is 21.6 Å². The summed E-state index contributed by atoms with van der Waals surface area (Å²) in [5.74, 6) is 0.167. The molecule has 0 aromatic heterocycles. The van der Waals surface area contributed by atoms with Gasteiger partial charge < -0.3 is 5.32 Å². The summed E-state index contributed by atoms with van der Waals surface area (Å²) in [5, 5.41) is 3.30. The van der Waals surface area contributed by atoms with E-state index in [4.69, 9.17) is 0 Å². The number of sulfone groups is 1. The van der Waals surface area contributed by atoms with E-state index in [1.165, 1.54) is 16.7 Å². The van der Waals surface area contributed by atoms with Crippen LogP contribution >= 0.6 is 11.8 Å². The Morgan fingerprint density at radius 2 is 1.78 bits per heavy atom. The van der Waals surface area contributed by atoms with Crippen molar-refractivity contribution in [2.45, 2.75) is 30.8 Å². The van der Waals surface area contributed by atoms with Crippen molar-refractivity contribution in [3.63, 3.8) is 0 Å². The quantitative estimate of drug-likeness (QED) is 0.817. The molecule has 3 nitrogen and oxygen atoms in total. The second-order valence-electron chi connectivity index (χ2n) is 4.65. The van der Waals surface area contributed by atoms with Gasteiger partial charge in [0.05, 0.1) is 5.75 Å². The van der Waals surface area contributed by atoms with Gasteiger partial charge in [0.2, 0.25) is 0 Å². The van der Waals surface area contributed by atoms with Gasteiger partial charge in [0, 0.05) is 23.2 Å². The molecular weight excluding hydrogens is 266 g/mol. The number of thioether (sulfide) groups is 1. The average molecular weight is 287 g/mol. The minimum Gasteiger partial charge on any atom is -0.307 e. The van der Waals surface area contributed by atoms with Gasteiger partial charge in [-0.1, -0.05) is 12.1 Å². The molecule has 102 valence electrons. The molecule has 0 fully saturated rings. The van der Waals surface area contributed by atoms with Crippen molar-refractivity contribution < 1.29 is 8.42 Å². The van der Waals surface area contributed by atoms with Crippen LogP contribution in [0.2, 0.25) is 0 Å². The third-order valence-corrected chi connectivity index (χ3v) is 4.55. The van der Waals surface area contributed by atoms with E-state index in [-0.39, 0.29) is 17.8 Å². The fourth-order valence-electron chi connectivity index (χ4n) is 1.92. The summed E-state index contributed by atoms with van der Waals surface area (Å²) in [6, 6.07) is 8.43. The van der Waals surface area contributed by atoms with E-state index < -0.39 is 9.84 Å². The topological polar surface area (TPSA) is 46.2 Å². The van der Waals surface area contributed by atoms with Crippen LogP contribution in [-0.2, 0) is 9.84 Å². The van der Waals surface area contributed by atoms with Gasteiger partial charge in [0.25, 0.3) is 0 Å². The van der Waals surface area contributed by atoms with Crippen LogP contribution in [-0.4, -0.2) is 32.7 Å². The first-order valence-corrected chi connectivity index (χ1v) is 9.18. The van der Waals surface area contributed by atoms with Crippen molar-refractivity contribution in [3.8, 4) is 0 Å². The van der Waals surface area contributed by atoms with Gasteiger partial charge in [-0.05, 0) is 37.8 Å². The molecule has 2 atom stereocenters. The van der Waals surface area contributed by atoms with Crippen molar-refractivity contribution in [2.24, 2.45) is 0 Å². The number of nitrogens with one attached hydrogen (secondary N) is 1. The molecule has 0 aliphatic carbocycles. The number of benzene rings is 1. The van der Waals surface area contributed by atoms with Crippen LogP contribution < -0.4 is 5.32 Å². The Balaban J connectivity index is 2.61. The first kappa shape index (κ1) is 15.5. The van der Waals surface area contributed by atoms with Gasteiger partial charge in [0.1, 0.15) is 9.84 Å². The predicted molar refractivity (Wildman–Crippen MR) is 78.9 cm³/mol. The molecule has 0 aliphatic heterocycles. The van der Waals surface area contributed by atoms with Crippen molar-refractivity contribution in [2.75, 3.05) is 18.3 Å². The second-order valence-corrected chi connectivity index (χ2v) is 7.72. The van der Waals surface area contributed by atoms with Gasteiger partial charge in [-0.15, -0.1) is 11.8 Å². The molecule has 1 aromatic carbocycles. The highest BCUT2D eigenvalue weighted by Gasteiger charge is 2.13. The van der Waals surface area contributed by atoms with Crippen LogP contribution in [0.25, 0.3) is 0 Å². The lowest BCUT2D eigenvalue weighted by molar-refractivity contribution is 0.500. The lowest BCUT2D eigenvalue weighted by Crippen LogP contribution is -2.34. The van der Waals surface area contributed by atoms with Crippen LogP contribution in [0.15, 0.2) is 29.2 Å². The molecule has 0 amide bonds. The van der Waals surface area contributed by atoms with Gasteiger partial charge >= 0.3 is 0 Å². The third kappa shape index (κ3) is 5.42. The first-order valence-electron chi connectivity index (χ1n) is 5.89. The summed E-state index contributed by atoms with van der Waals surface area (Å²) in [5.41, 5.74) is 1.17. The molecule has 1 rings (SSSR count). The Kier molecular flexibility index (Phi) is 5.69. The van der Waals surface area contributed by atoms with Crippen LogP contribution in [0.1, 0.15) is 25.5 Å². The van der Waals surface area contributed by atoms with Crippen LogP contribution in [0.4, 0.5) is 0 Å². The average Bonchev–Trinajstić information content (AvgIpc) is 2.26. The summed E-state index contributed by atoms with van der Waals surface area (Å²) >= 11 is 1.71. The monoisotopic (exact) mass is 287 g/mol. The lowest BCUT2D eigenvalue weighted by atomic mass is 10.1. The maximum atomic E-state index is 11.2. The molecule has 5 heteroatoms. The number of rotatable bonds is 6. The highest BCUT2D eigenvalue weighted by atomic mass is 32.2. The highest BCUT2D eigenvalue weighted by Crippen LogP contribution is 2.19. The highest BCUT2D eigenvalue weighted by molar-refractivity contribution is 7.98. The van der Waals surface area contributed by atoms with E-state index in [0.717, 1.165) is 0 Å². The van der Waals surface area contributed by atoms with E-state index >= 15 is 0 Å². The molecule has 0 saturated heterocycles. The molecule has 18 heavy (non-hydrogen) atoms. The second kappa shape index (κ2) is 6.59. The van der Waals surface area contributed by atoms with E-state index in [9.17, 15) is 8.42 Å². The summed E-state index contributed by atoms with van der Waals surface area (Å²) in [7, 11) is -2.93. The maximum Gasteiger partial charge on any atom is 0.148 e. The summed E-state index contributed by atoms with van der Waals surface area (Å²) < 4.78 is 22.4. The van der Waals surface area contributed by atoms with Gasteiger partial charge in [-0.3, -0.25) is 0 Å². The SMILES string of the molecule is CSc1ccc(C(C)NC(C)CS(C)(=O)=O)cc1. The van der Waals surface area contributed by atoms with Crippen molar-refractivity contribution in [1.29, 1.82) is 0 Å². The normalized spacial score (nSPS) is 15.3. The molecule has 1 N–H and O–H groups in total. The van der Waals surface area contributed by atoms with E-state index in [1.54, 1.807) is 11.8 Å². The Morgan fingerprint density at radius 1 is 1.22 bits per heavy atom. The van der Waals surface area contributed by atoms with Gasteiger partial charge in [0.15, 0.2) is 0 Å². The number of hydrogen-bond donors (Lipinski definition) is 1. The standard InChI is InChI=1S/C13H21NO2S2/c1-10(9-18(4,15)16)14-11(2)12-5-7-13(17-3)8-6-12/h5-8,10-11,14H,9H2,1-4H3. The number of hydrogen-bond acceptors (Lipinski definition) is 4. The van der Waals surface area contributed by atoms with Crippen LogP contribution in [0.3, 0.4) is 0 Å². The van der Waals surface area contributed by atoms with Gasteiger partial charge in [-0.2, -0.15) is 0 Å². The molecule has 0 saturated carbocycles. The third-order valence-electron chi connectivity index (χ3n) is 2.70. The van der Waals surface area contributed by atoms with Crippen molar-refractivity contribution in [3.05, 3.63) is 29.8 Å². The lowest BCUT2D eigenvalue weighted by Gasteiger charge is -2.20. The Bertz CT molecular complexity index is 468. The molecule has 0 radical (unpaired) electrons. The fraction of sp³-hybridized carbons (Fsp3) is 0.538. The van der Waals surface area contributed by atoms with Gasteiger partial charge in [-0.25, -0.2) is 8.42 Å². The molecular formula is C13H21NO2S2. The van der Waals surface area contributed by atoms with Crippen LogP contribution in [0.5, 0.6) is 0 Å². The molecule has 2 unspecified atom stereocenters. The predicted octanol–water partition coefficient (Wildman–Crippen LogP) is 2.49. The summed E-state index contributed by atoms with van der Waals surface area (Å²) in [6.07, 6.45) is 3.31. The zero-order valence-corrected chi connectivity index (χ0v) is 12.9. The molecule has 0 heterocycles. The molecule has 0 spiro atoms. The van der Waals surface area contributed by atoms with E-state index in [2.05, 4.69) is 29.6 Å². The largest absolute Gasteiger partial charge is 0.307 e. The summed E-state index contributed by atoms with van der Waals surface area (Å²) in [4.78, 5) is 1.23. The zero-order chi connectivity index (χ0) is 13.8.